The predicted molar refractivity (Wildman–Crippen MR) is 88.7 cm³/mol. The fourth-order valence-corrected chi connectivity index (χ4v) is 2.50. The van der Waals surface area contributed by atoms with Gasteiger partial charge in [-0.1, -0.05) is 0 Å². The zero-order valence-corrected chi connectivity index (χ0v) is 14.0. The molecule has 7 nitrogen and oxygen atoms in total. The van der Waals surface area contributed by atoms with E-state index < -0.39 is 5.63 Å². The van der Waals surface area contributed by atoms with Gasteiger partial charge in [0.1, 0.15) is 0 Å². The standard InChI is InChI=1S/C17H21NO6/c1-10-11-5-6-13(22-2)16(23-3)15(11)24-17(21)12(10)9-14(20)18-7-4-8-19/h5-6,19H,4,7-9H2,1-3H3,(H,18,20). The highest BCUT2D eigenvalue weighted by atomic mass is 16.5. The smallest absolute Gasteiger partial charge is 0.340 e. The van der Waals surface area contributed by atoms with Crippen molar-refractivity contribution in [3.8, 4) is 11.5 Å². The van der Waals surface area contributed by atoms with Crippen LogP contribution in [0, 0.1) is 6.92 Å². The second-order valence-corrected chi connectivity index (χ2v) is 5.27. The second kappa shape index (κ2) is 7.83. The largest absolute Gasteiger partial charge is 0.493 e. The molecule has 0 unspecified atom stereocenters. The number of carbonyl (C=O) groups is 1. The Morgan fingerprint density at radius 2 is 2.04 bits per heavy atom. The highest BCUT2D eigenvalue weighted by Crippen LogP contribution is 2.36. The molecule has 1 amide bonds. The predicted octanol–water partition coefficient (Wildman–Crippen LogP) is 1.16. The highest BCUT2D eigenvalue weighted by molar-refractivity contribution is 5.89. The van der Waals surface area contributed by atoms with Crippen LogP contribution in [0.15, 0.2) is 21.3 Å². The van der Waals surface area contributed by atoms with E-state index >= 15 is 0 Å². The number of fused-ring (bicyclic) bond motifs is 1. The first kappa shape index (κ1) is 17.8. The Hall–Kier alpha value is -2.54. The molecule has 2 aromatic rings. The van der Waals surface area contributed by atoms with Crippen molar-refractivity contribution in [2.75, 3.05) is 27.4 Å². The molecule has 130 valence electrons. The lowest BCUT2D eigenvalue weighted by Gasteiger charge is -2.12. The maximum atomic E-state index is 12.3. The highest BCUT2D eigenvalue weighted by Gasteiger charge is 2.19. The number of carbonyl (C=O) groups excluding carboxylic acids is 1. The quantitative estimate of drug-likeness (QED) is 0.582. The lowest BCUT2D eigenvalue weighted by atomic mass is 10.0. The summed E-state index contributed by atoms with van der Waals surface area (Å²) in [6.07, 6.45) is 0.387. The summed E-state index contributed by atoms with van der Waals surface area (Å²) >= 11 is 0. The topological polar surface area (TPSA) is 98.0 Å². The normalized spacial score (nSPS) is 10.7. The van der Waals surface area contributed by atoms with Gasteiger partial charge in [0.25, 0.3) is 0 Å². The Kier molecular flexibility index (Phi) is 5.81. The van der Waals surface area contributed by atoms with E-state index in [1.165, 1.54) is 14.2 Å². The van der Waals surface area contributed by atoms with E-state index in [0.29, 0.717) is 46.6 Å². The van der Waals surface area contributed by atoms with Crippen molar-refractivity contribution < 1.29 is 23.8 Å². The van der Waals surface area contributed by atoms with Crippen LogP contribution >= 0.6 is 0 Å². The molecule has 0 aliphatic rings. The minimum absolute atomic E-state index is 0.000944. The van der Waals surface area contributed by atoms with Gasteiger partial charge in [0.2, 0.25) is 11.7 Å². The molecule has 0 aliphatic heterocycles. The Morgan fingerprint density at radius 3 is 2.67 bits per heavy atom. The molecule has 0 radical (unpaired) electrons. The van der Waals surface area contributed by atoms with Gasteiger partial charge in [-0.2, -0.15) is 0 Å². The number of amides is 1. The van der Waals surface area contributed by atoms with Gasteiger partial charge in [0.05, 0.1) is 26.2 Å². The van der Waals surface area contributed by atoms with E-state index in [4.69, 9.17) is 19.0 Å². The summed E-state index contributed by atoms with van der Waals surface area (Å²) in [7, 11) is 2.97. The molecular weight excluding hydrogens is 314 g/mol. The summed E-state index contributed by atoms with van der Waals surface area (Å²) in [6, 6.07) is 3.49. The van der Waals surface area contributed by atoms with Gasteiger partial charge in [-0.05, 0) is 31.0 Å². The molecular formula is C17H21NO6. The molecule has 0 aliphatic carbocycles. The minimum atomic E-state index is -0.580. The van der Waals surface area contributed by atoms with Gasteiger partial charge in [0.15, 0.2) is 11.3 Å². The van der Waals surface area contributed by atoms with Crippen LogP contribution in [0.5, 0.6) is 11.5 Å². The van der Waals surface area contributed by atoms with E-state index in [0.717, 1.165) is 0 Å². The zero-order chi connectivity index (χ0) is 17.7. The van der Waals surface area contributed by atoms with E-state index in [1.54, 1.807) is 19.1 Å². The Balaban J connectivity index is 2.43. The molecule has 0 atom stereocenters. The number of nitrogens with one attached hydrogen (secondary N) is 1. The number of aliphatic hydroxyl groups is 1. The summed E-state index contributed by atoms with van der Waals surface area (Å²) in [5.41, 5.74) is 0.684. The second-order valence-electron chi connectivity index (χ2n) is 5.27. The van der Waals surface area contributed by atoms with Crippen molar-refractivity contribution in [2.45, 2.75) is 19.8 Å². The van der Waals surface area contributed by atoms with Crippen molar-refractivity contribution >= 4 is 16.9 Å². The molecule has 0 fully saturated rings. The summed E-state index contributed by atoms with van der Waals surface area (Å²) in [4.78, 5) is 24.2. The molecule has 24 heavy (non-hydrogen) atoms. The number of aliphatic hydroxyl groups excluding tert-OH is 1. The molecule has 2 rings (SSSR count). The Bertz CT molecular complexity index is 796. The summed E-state index contributed by atoms with van der Waals surface area (Å²) in [5.74, 6) is 0.509. The minimum Gasteiger partial charge on any atom is -0.493 e. The van der Waals surface area contributed by atoms with E-state index in [1.807, 2.05) is 0 Å². The third-order valence-corrected chi connectivity index (χ3v) is 3.79. The fraction of sp³-hybridized carbons (Fsp3) is 0.412. The monoisotopic (exact) mass is 335 g/mol. The van der Waals surface area contributed by atoms with Crippen molar-refractivity contribution in [1.82, 2.24) is 5.32 Å². The summed E-state index contributed by atoms with van der Waals surface area (Å²) in [6.45, 7) is 2.12. The summed E-state index contributed by atoms with van der Waals surface area (Å²) in [5, 5.41) is 12.1. The Labute approximate surface area is 139 Å². The molecule has 1 aromatic heterocycles. The lowest BCUT2D eigenvalue weighted by molar-refractivity contribution is -0.120. The molecule has 1 aromatic carbocycles. The first-order valence-electron chi connectivity index (χ1n) is 7.58. The van der Waals surface area contributed by atoms with E-state index in [9.17, 15) is 9.59 Å². The van der Waals surface area contributed by atoms with Gasteiger partial charge in [-0.3, -0.25) is 4.79 Å². The average molecular weight is 335 g/mol. The van der Waals surface area contributed by atoms with Gasteiger partial charge in [0, 0.05) is 18.5 Å². The maximum Gasteiger partial charge on any atom is 0.340 e. The van der Waals surface area contributed by atoms with Crippen molar-refractivity contribution in [1.29, 1.82) is 0 Å². The van der Waals surface area contributed by atoms with Crippen LogP contribution < -0.4 is 20.4 Å². The SMILES string of the molecule is COc1ccc2c(C)c(CC(=O)NCCCO)c(=O)oc2c1OC. The molecule has 1 heterocycles. The van der Waals surface area contributed by atoms with Crippen LogP contribution in [-0.4, -0.2) is 38.4 Å². The van der Waals surface area contributed by atoms with Crippen molar-refractivity contribution in [3.05, 3.63) is 33.7 Å². The van der Waals surface area contributed by atoms with Crippen LogP contribution in [0.4, 0.5) is 0 Å². The van der Waals surface area contributed by atoms with Gasteiger partial charge in [-0.15, -0.1) is 0 Å². The van der Waals surface area contributed by atoms with Crippen LogP contribution in [0.25, 0.3) is 11.0 Å². The molecule has 0 spiro atoms. The number of ether oxygens (including phenoxy) is 2. The number of hydrogen-bond acceptors (Lipinski definition) is 6. The van der Waals surface area contributed by atoms with E-state index in [-0.39, 0.29) is 18.9 Å². The van der Waals surface area contributed by atoms with Crippen LogP contribution in [0.1, 0.15) is 17.5 Å². The third-order valence-electron chi connectivity index (χ3n) is 3.79. The van der Waals surface area contributed by atoms with Crippen molar-refractivity contribution in [3.63, 3.8) is 0 Å². The molecule has 7 heteroatoms. The molecule has 0 bridgehead atoms. The van der Waals surface area contributed by atoms with Crippen LogP contribution in [-0.2, 0) is 11.2 Å². The first-order valence-corrected chi connectivity index (χ1v) is 7.58. The van der Waals surface area contributed by atoms with Gasteiger partial charge < -0.3 is 24.3 Å². The lowest BCUT2D eigenvalue weighted by Crippen LogP contribution is -2.29. The number of methoxy groups -OCH3 is 2. The number of rotatable bonds is 7. The fourth-order valence-electron chi connectivity index (χ4n) is 2.50. The number of hydrogen-bond donors (Lipinski definition) is 2. The molecule has 0 saturated carbocycles. The molecule has 0 saturated heterocycles. The van der Waals surface area contributed by atoms with E-state index in [2.05, 4.69) is 5.32 Å². The average Bonchev–Trinajstić information content (AvgIpc) is 2.57. The Morgan fingerprint density at radius 1 is 1.29 bits per heavy atom. The number of aryl methyl sites for hydroxylation is 1. The van der Waals surface area contributed by atoms with Gasteiger partial charge >= 0.3 is 5.63 Å². The number of benzene rings is 1. The van der Waals surface area contributed by atoms with Crippen molar-refractivity contribution in [2.24, 2.45) is 0 Å². The molecule has 2 N–H and O–H groups in total. The van der Waals surface area contributed by atoms with Crippen LogP contribution in [0.2, 0.25) is 0 Å². The zero-order valence-electron chi connectivity index (χ0n) is 14.0. The third kappa shape index (κ3) is 3.51. The van der Waals surface area contributed by atoms with Crippen LogP contribution in [0.3, 0.4) is 0 Å². The summed E-state index contributed by atoms with van der Waals surface area (Å²) < 4.78 is 15.9. The maximum absolute atomic E-state index is 12.3. The van der Waals surface area contributed by atoms with Gasteiger partial charge in [-0.25, -0.2) is 4.79 Å². The first-order chi connectivity index (χ1) is 11.5.